The molecule has 0 saturated carbocycles. The Labute approximate surface area is 204 Å². The van der Waals surface area contributed by atoms with Gasteiger partial charge in [0.05, 0.1) is 0 Å². The highest BCUT2D eigenvalue weighted by Crippen LogP contribution is 2.37. The first-order chi connectivity index (χ1) is 16.2. The topological polar surface area (TPSA) is 3.24 Å². The molecule has 0 unspecified atom stereocenters. The van der Waals surface area contributed by atoms with Crippen molar-refractivity contribution in [1.82, 2.24) is 0 Å². The Bertz CT molecular complexity index is 1340. The van der Waals surface area contributed by atoms with Gasteiger partial charge in [0.15, 0.2) is 0 Å². The number of anilines is 3. The molecular weight excluding hydrogens is 466 g/mol. The molecule has 0 N–H and O–H groups in total. The standard InChI is InChI=1S/C31H24BrN/c1-23-7-5-6-10-31(23)26-13-19-29(20-14-26)33(30-21-15-27(32)16-22-30)28-17-11-25(12-18-28)24-8-3-2-4-9-24/h2-22H,1H3. The third kappa shape index (κ3) is 4.62. The van der Waals surface area contributed by atoms with Crippen molar-refractivity contribution in [2.75, 3.05) is 4.90 Å². The highest BCUT2D eigenvalue weighted by molar-refractivity contribution is 9.10. The molecule has 0 atom stereocenters. The van der Waals surface area contributed by atoms with E-state index in [2.05, 4.69) is 149 Å². The summed E-state index contributed by atoms with van der Waals surface area (Å²) in [4.78, 5) is 2.29. The largest absolute Gasteiger partial charge is 0.311 e. The molecule has 0 amide bonds. The number of benzene rings is 5. The average molecular weight is 490 g/mol. The van der Waals surface area contributed by atoms with Crippen molar-refractivity contribution in [1.29, 1.82) is 0 Å². The molecule has 0 aliphatic carbocycles. The quantitative estimate of drug-likeness (QED) is 0.237. The van der Waals surface area contributed by atoms with E-state index in [9.17, 15) is 0 Å². The Balaban J connectivity index is 1.54. The third-order valence-corrected chi connectivity index (χ3v) is 6.43. The van der Waals surface area contributed by atoms with Crippen LogP contribution in [0.2, 0.25) is 0 Å². The lowest BCUT2D eigenvalue weighted by Gasteiger charge is -2.26. The molecule has 0 spiro atoms. The Morgan fingerprint density at radius 2 is 0.909 bits per heavy atom. The van der Waals surface area contributed by atoms with Gasteiger partial charge in [-0.2, -0.15) is 0 Å². The minimum atomic E-state index is 1.07. The first kappa shape index (κ1) is 21.2. The van der Waals surface area contributed by atoms with Gasteiger partial charge in [0.1, 0.15) is 0 Å². The van der Waals surface area contributed by atoms with Gasteiger partial charge in [-0.15, -0.1) is 0 Å². The van der Waals surface area contributed by atoms with Crippen LogP contribution in [-0.4, -0.2) is 0 Å². The minimum absolute atomic E-state index is 1.07. The van der Waals surface area contributed by atoms with Gasteiger partial charge in [-0.25, -0.2) is 0 Å². The van der Waals surface area contributed by atoms with E-state index >= 15 is 0 Å². The second kappa shape index (κ2) is 9.48. The molecule has 0 aliphatic rings. The van der Waals surface area contributed by atoms with Gasteiger partial charge in [-0.1, -0.05) is 94.8 Å². The smallest absolute Gasteiger partial charge is 0.0462 e. The van der Waals surface area contributed by atoms with E-state index in [-0.39, 0.29) is 0 Å². The van der Waals surface area contributed by atoms with Crippen LogP contribution in [0.1, 0.15) is 5.56 Å². The summed E-state index contributed by atoms with van der Waals surface area (Å²) in [5.74, 6) is 0. The molecule has 33 heavy (non-hydrogen) atoms. The number of hydrogen-bond donors (Lipinski definition) is 0. The number of aryl methyl sites for hydroxylation is 1. The lowest BCUT2D eigenvalue weighted by atomic mass is 10.00. The Hall–Kier alpha value is -3.62. The summed E-state index contributed by atoms with van der Waals surface area (Å²) in [5, 5.41) is 0. The van der Waals surface area contributed by atoms with Gasteiger partial charge < -0.3 is 4.90 Å². The molecule has 0 fully saturated rings. The van der Waals surface area contributed by atoms with Crippen LogP contribution >= 0.6 is 15.9 Å². The second-order valence-electron chi connectivity index (χ2n) is 8.09. The van der Waals surface area contributed by atoms with E-state index in [1.807, 2.05) is 6.07 Å². The molecule has 5 aromatic carbocycles. The summed E-state index contributed by atoms with van der Waals surface area (Å²) in [6.07, 6.45) is 0. The van der Waals surface area contributed by atoms with E-state index < -0.39 is 0 Å². The molecule has 0 saturated heterocycles. The van der Waals surface area contributed by atoms with Gasteiger partial charge in [0.2, 0.25) is 0 Å². The summed E-state index contributed by atoms with van der Waals surface area (Å²) >= 11 is 3.57. The summed E-state index contributed by atoms with van der Waals surface area (Å²) < 4.78 is 1.07. The van der Waals surface area contributed by atoms with Crippen molar-refractivity contribution in [2.45, 2.75) is 6.92 Å². The van der Waals surface area contributed by atoms with Crippen LogP contribution in [0.5, 0.6) is 0 Å². The number of hydrogen-bond acceptors (Lipinski definition) is 1. The maximum atomic E-state index is 3.57. The number of rotatable bonds is 5. The molecule has 2 heteroatoms. The lowest BCUT2D eigenvalue weighted by molar-refractivity contribution is 1.28. The van der Waals surface area contributed by atoms with E-state index in [1.54, 1.807) is 0 Å². The van der Waals surface area contributed by atoms with Crippen LogP contribution in [0.25, 0.3) is 22.3 Å². The van der Waals surface area contributed by atoms with E-state index in [0.29, 0.717) is 0 Å². The van der Waals surface area contributed by atoms with Crippen LogP contribution in [0.4, 0.5) is 17.1 Å². The Kier molecular flexibility index (Phi) is 6.10. The lowest BCUT2D eigenvalue weighted by Crippen LogP contribution is -2.09. The predicted octanol–water partition coefficient (Wildman–Crippen LogP) is 9.56. The fourth-order valence-corrected chi connectivity index (χ4v) is 4.42. The summed E-state index contributed by atoms with van der Waals surface area (Å²) in [6, 6.07) is 45.1. The predicted molar refractivity (Wildman–Crippen MR) is 144 cm³/mol. The first-order valence-electron chi connectivity index (χ1n) is 11.1. The van der Waals surface area contributed by atoms with Crippen LogP contribution in [0.3, 0.4) is 0 Å². The highest BCUT2D eigenvalue weighted by atomic mass is 79.9. The third-order valence-electron chi connectivity index (χ3n) is 5.90. The summed E-state index contributed by atoms with van der Waals surface area (Å²) in [6.45, 7) is 2.16. The van der Waals surface area contributed by atoms with Crippen LogP contribution < -0.4 is 4.90 Å². The second-order valence-corrected chi connectivity index (χ2v) is 9.00. The van der Waals surface area contributed by atoms with Crippen molar-refractivity contribution in [2.24, 2.45) is 0 Å². The summed E-state index contributed by atoms with van der Waals surface area (Å²) in [7, 11) is 0. The monoisotopic (exact) mass is 489 g/mol. The van der Waals surface area contributed by atoms with E-state index in [0.717, 1.165) is 21.5 Å². The van der Waals surface area contributed by atoms with Crippen molar-refractivity contribution >= 4 is 33.0 Å². The molecule has 5 aromatic rings. The Morgan fingerprint density at radius 3 is 1.48 bits per heavy atom. The molecule has 0 aromatic heterocycles. The normalized spacial score (nSPS) is 10.7. The van der Waals surface area contributed by atoms with Gasteiger partial charge in [-0.05, 0) is 83.3 Å². The average Bonchev–Trinajstić information content (AvgIpc) is 2.87. The van der Waals surface area contributed by atoms with Crippen LogP contribution in [-0.2, 0) is 0 Å². The molecule has 5 rings (SSSR count). The van der Waals surface area contributed by atoms with Crippen molar-refractivity contribution in [3.63, 3.8) is 0 Å². The number of nitrogens with zero attached hydrogens (tertiary/aromatic N) is 1. The molecule has 0 radical (unpaired) electrons. The highest BCUT2D eigenvalue weighted by Gasteiger charge is 2.13. The SMILES string of the molecule is Cc1ccccc1-c1ccc(N(c2ccc(Br)cc2)c2ccc(-c3ccccc3)cc2)cc1. The fraction of sp³-hybridized carbons (Fsp3) is 0.0323. The van der Waals surface area contributed by atoms with Gasteiger partial charge in [0.25, 0.3) is 0 Å². The number of halogens is 1. The van der Waals surface area contributed by atoms with E-state index in [4.69, 9.17) is 0 Å². The summed E-state index contributed by atoms with van der Waals surface area (Å²) in [5.41, 5.74) is 9.59. The maximum absolute atomic E-state index is 3.57. The van der Waals surface area contributed by atoms with Gasteiger partial charge in [-0.3, -0.25) is 0 Å². The van der Waals surface area contributed by atoms with Crippen LogP contribution in [0, 0.1) is 6.92 Å². The molecular formula is C31H24BrN. The van der Waals surface area contributed by atoms with Crippen molar-refractivity contribution < 1.29 is 0 Å². The zero-order valence-corrected chi connectivity index (χ0v) is 20.0. The van der Waals surface area contributed by atoms with Crippen molar-refractivity contribution in [3.05, 3.63) is 137 Å². The maximum Gasteiger partial charge on any atom is 0.0462 e. The molecule has 1 nitrogen and oxygen atoms in total. The fourth-order valence-electron chi connectivity index (χ4n) is 4.16. The molecule has 0 bridgehead atoms. The van der Waals surface area contributed by atoms with Crippen LogP contribution in [0.15, 0.2) is 132 Å². The Morgan fingerprint density at radius 1 is 0.455 bits per heavy atom. The minimum Gasteiger partial charge on any atom is -0.311 e. The van der Waals surface area contributed by atoms with Crippen molar-refractivity contribution in [3.8, 4) is 22.3 Å². The van der Waals surface area contributed by atoms with E-state index in [1.165, 1.54) is 27.8 Å². The molecule has 0 heterocycles. The first-order valence-corrected chi connectivity index (χ1v) is 11.9. The molecule has 160 valence electrons. The zero-order chi connectivity index (χ0) is 22.6. The van der Waals surface area contributed by atoms with Gasteiger partial charge in [0, 0.05) is 21.5 Å². The molecule has 0 aliphatic heterocycles. The van der Waals surface area contributed by atoms with Gasteiger partial charge >= 0.3 is 0 Å². The zero-order valence-electron chi connectivity index (χ0n) is 18.4.